The van der Waals surface area contributed by atoms with E-state index in [9.17, 15) is 10.1 Å². The molecule has 0 amide bonds. The molecule has 1 fully saturated rings. The number of nitrogens with zero attached hydrogens (tertiary/aromatic N) is 3. The van der Waals surface area contributed by atoms with Gasteiger partial charge in [-0.3, -0.25) is 10.1 Å². The lowest BCUT2D eigenvalue weighted by Gasteiger charge is -2.22. The first-order valence-corrected chi connectivity index (χ1v) is 8.96. The molecule has 122 valence electrons. The number of benzene rings is 1. The number of hydrogen-bond donors (Lipinski definition) is 0. The van der Waals surface area contributed by atoms with Gasteiger partial charge in [0.25, 0.3) is 5.69 Å². The largest absolute Gasteiger partial charge is 0.321 e. The van der Waals surface area contributed by atoms with Gasteiger partial charge in [-0.15, -0.1) is 11.3 Å². The summed E-state index contributed by atoms with van der Waals surface area (Å²) in [5.41, 5.74) is 1.66. The lowest BCUT2D eigenvalue weighted by Crippen LogP contribution is -2.22. The molecular formula is C17H21N3O2S. The smallest absolute Gasteiger partial charge is 0.294 e. The first-order valence-electron chi connectivity index (χ1n) is 8.08. The normalized spacial score (nSPS) is 16.7. The summed E-state index contributed by atoms with van der Waals surface area (Å²) >= 11 is 1.55. The Morgan fingerprint density at radius 1 is 1.30 bits per heavy atom. The molecule has 1 heterocycles. The fraction of sp³-hybridized carbons (Fsp3) is 0.471. The average molecular weight is 331 g/mol. The van der Waals surface area contributed by atoms with Crippen LogP contribution in [0.15, 0.2) is 34.6 Å². The topological polar surface area (TPSA) is 60.4 Å². The highest BCUT2D eigenvalue weighted by atomic mass is 32.1. The van der Waals surface area contributed by atoms with Crippen molar-refractivity contribution in [1.82, 2.24) is 4.57 Å². The monoisotopic (exact) mass is 331 g/mol. The second kappa shape index (κ2) is 7.08. The van der Waals surface area contributed by atoms with Crippen LogP contribution in [0.1, 0.15) is 37.8 Å². The molecule has 23 heavy (non-hydrogen) atoms. The molecule has 0 radical (unpaired) electrons. The van der Waals surface area contributed by atoms with E-state index in [4.69, 9.17) is 0 Å². The van der Waals surface area contributed by atoms with Gasteiger partial charge in [-0.1, -0.05) is 31.4 Å². The van der Waals surface area contributed by atoms with Gasteiger partial charge in [0.1, 0.15) is 5.69 Å². The Balaban J connectivity index is 1.96. The third-order valence-corrected chi connectivity index (χ3v) is 5.43. The van der Waals surface area contributed by atoms with E-state index in [2.05, 4.69) is 21.9 Å². The molecule has 1 aromatic carbocycles. The number of aromatic nitrogens is 1. The Hall–Kier alpha value is -1.95. The zero-order valence-electron chi connectivity index (χ0n) is 13.3. The fourth-order valence-electron chi connectivity index (χ4n) is 3.17. The predicted molar refractivity (Wildman–Crippen MR) is 91.9 cm³/mol. The molecule has 0 atom stereocenters. The molecular weight excluding hydrogens is 310 g/mol. The van der Waals surface area contributed by atoms with E-state index in [1.54, 1.807) is 29.5 Å². The van der Waals surface area contributed by atoms with Crippen molar-refractivity contribution >= 4 is 22.7 Å². The van der Waals surface area contributed by atoms with Crippen molar-refractivity contribution in [3.63, 3.8) is 0 Å². The Kier molecular flexibility index (Phi) is 4.91. The van der Waals surface area contributed by atoms with Crippen molar-refractivity contribution in [3.05, 3.63) is 50.3 Å². The minimum atomic E-state index is -0.370. The van der Waals surface area contributed by atoms with E-state index in [0.717, 1.165) is 11.3 Å². The van der Waals surface area contributed by atoms with E-state index in [0.29, 0.717) is 11.6 Å². The van der Waals surface area contributed by atoms with Crippen LogP contribution in [0.2, 0.25) is 0 Å². The van der Waals surface area contributed by atoms with Crippen molar-refractivity contribution in [2.75, 3.05) is 0 Å². The first-order chi connectivity index (χ1) is 11.1. The van der Waals surface area contributed by atoms with Gasteiger partial charge in [0.05, 0.1) is 4.92 Å². The number of para-hydroxylation sites is 2. The maximum absolute atomic E-state index is 11.2. The molecule has 0 bridgehead atoms. The number of nitro groups is 1. The molecule has 3 rings (SSSR count). The second-order valence-electron chi connectivity index (χ2n) is 6.13. The van der Waals surface area contributed by atoms with Crippen molar-refractivity contribution in [2.24, 2.45) is 10.9 Å². The quantitative estimate of drug-likeness (QED) is 0.608. The Bertz CT molecular complexity index is 757. The van der Waals surface area contributed by atoms with Gasteiger partial charge in [-0.2, -0.15) is 0 Å². The summed E-state index contributed by atoms with van der Waals surface area (Å²) in [6.45, 7) is 3.05. The molecule has 2 aromatic rings. The highest BCUT2D eigenvalue weighted by molar-refractivity contribution is 7.07. The van der Waals surface area contributed by atoms with Crippen LogP contribution in [0.5, 0.6) is 0 Å². The lowest BCUT2D eigenvalue weighted by atomic mass is 9.89. The van der Waals surface area contributed by atoms with Crippen molar-refractivity contribution in [1.29, 1.82) is 0 Å². The third kappa shape index (κ3) is 3.69. The van der Waals surface area contributed by atoms with E-state index >= 15 is 0 Å². The zero-order valence-corrected chi connectivity index (χ0v) is 14.1. The first kappa shape index (κ1) is 15.9. The Morgan fingerprint density at radius 3 is 2.78 bits per heavy atom. The third-order valence-electron chi connectivity index (χ3n) is 4.45. The minimum absolute atomic E-state index is 0.0581. The summed E-state index contributed by atoms with van der Waals surface area (Å²) in [7, 11) is 0. The van der Waals surface area contributed by atoms with Crippen LogP contribution in [0.4, 0.5) is 11.4 Å². The van der Waals surface area contributed by atoms with Gasteiger partial charge >= 0.3 is 0 Å². The summed E-state index contributed by atoms with van der Waals surface area (Å²) in [4.78, 5) is 16.2. The van der Waals surface area contributed by atoms with Crippen molar-refractivity contribution in [2.45, 2.75) is 45.6 Å². The highest BCUT2D eigenvalue weighted by Crippen LogP contribution is 2.27. The molecule has 0 unspecified atom stereocenters. The Labute approximate surface area is 139 Å². The van der Waals surface area contributed by atoms with Gasteiger partial charge in [0.15, 0.2) is 4.80 Å². The minimum Gasteiger partial charge on any atom is -0.321 e. The summed E-state index contributed by atoms with van der Waals surface area (Å²) < 4.78 is 2.22. The van der Waals surface area contributed by atoms with E-state index < -0.39 is 0 Å². The summed E-state index contributed by atoms with van der Waals surface area (Å²) in [5.74, 6) is 0.696. The van der Waals surface area contributed by atoms with E-state index in [1.165, 1.54) is 43.9 Å². The number of rotatable bonds is 4. The van der Waals surface area contributed by atoms with Crippen LogP contribution in [-0.2, 0) is 6.54 Å². The van der Waals surface area contributed by atoms with Crippen molar-refractivity contribution < 1.29 is 4.92 Å². The van der Waals surface area contributed by atoms with E-state index in [-0.39, 0.29) is 10.6 Å². The molecule has 0 aliphatic heterocycles. The number of nitro benzene ring substituents is 1. The van der Waals surface area contributed by atoms with Crippen LogP contribution in [-0.4, -0.2) is 9.49 Å². The van der Waals surface area contributed by atoms with Crippen LogP contribution in [0, 0.1) is 23.0 Å². The van der Waals surface area contributed by atoms with Crippen LogP contribution >= 0.6 is 11.3 Å². The molecule has 1 aromatic heterocycles. The van der Waals surface area contributed by atoms with Gasteiger partial charge in [-0.05, 0) is 31.7 Å². The predicted octanol–water partition coefficient (Wildman–Crippen LogP) is 4.58. The summed E-state index contributed by atoms with van der Waals surface area (Å²) in [6.07, 6.45) is 6.51. The van der Waals surface area contributed by atoms with Gasteiger partial charge in [-0.25, -0.2) is 4.99 Å². The van der Waals surface area contributed by atoms with Crippen molar-refractivity contribution in [3.8, 4) is 0 Å². The number of hydrogen-bond acceptors (Lipinski definition) is 4. The van der Waals surface area contributed by atoms with E-state index in [1.807, 2.05) is 0 Å². The maximum Gasteiger partial charge on any atom is 0.294 e. The molecule has 5 nitrogen and oxygen atoms in total. The molecule has 1 saturated carbocycles. The van der Waals surface area contributed by atoms with Crippen LogP contribution in [0.3, 0.4) is 0 Å². The summed E-state index contributed by atoms with van der Waals surface area (Å²) in [6, 6.07) is 6.67. The molecule has 0 saturated heterocycles. The molecule has 1 aliphatic carbocycles. The Morgan fingerprint density at radius 2 is 2.04 bits per heavy atom. The standard InChI is InChI=1S/C17H21N3O2S/c1-13-12-23-17(19(13)11-14-7-3-2-4-8-14)18-15-9-5-6-10-16(15)20(21)22/h5-6,9-10,12,14H,2-4,7-8,11H2,1H3. The van der Waals surface area contributed by atoms with Crippen LogP contribution < -0.4 is 4.80 Å². The zero-order chi connectivity index (χ0) is 16.2. The number of aryl methyl sites for hydroxylation is 1. The van der Waals surface area contributed by atoms with Gasteiger partial charge in [0, 0.05) is 23.7 Å². The number of thiazole rings is 1. The molecule has 1 aliphatic rings. The molecule has 0 N–H and O–H groups in total. The second-order valence-corrected chi connectivity index (χ2v) is 6.97. The SMILES string of the molecule is Cc1csc(=Nc2ccccc2[N+](=O)[O-])n1CC1CCCCC1. The van der Waals surface area contributed by atoms with Crippen LogP contribution in [0.25, 0.3) is 0 Å². The molecule has 0 spiro atoms. The van der Waals surface area contributed by atoms with Gasteiger partial charge in [0.2, 0.25) is 0 Å². The highest BCUT2D eigenvalue weighted by Gasteiger charge is 2.16. The summed E-state index contributed by atoms with van der Waals surface area (Å²) in [5, 5.41) is 13.2. The maximum atomic E-state index is 11.2. The fourth-order valence-corrected chi connectivity index (χ4v) is 4.07. The van der Waals surface area contributed by atoms with Gasteiger partial charge < -0.3 is 4.57 Å². The average Bonchev–Trinajstić information content (AvgIpc) is 2.89. The lowest BCUT2D eigenvalue weighted by molar-refractivity contribution is -0.384. The molecule has 6 heteroatoms.